The van der Waals surface area contributed by atoms with E-state index in [1.165, 1.54) is 0 Å². The predicted molar refractivity (Wildman–Crippen MR) is 85.2 cm³/mol. The number of carbonyl (C=O) groups is 1. The molecule has 4 nitrogen and oxygen atoms in total. The van der Waals surface area contributed by atoms with Gasteiger partial charge in [0.05, 0.1) is 12.3 Å². The molecule has 0 atom stereocenters. The number of benzene rings is 1. The Kier molecular flexibility index (Phi) is 5.14. The Morgan fingerprint density at radius 3 is 2.80 bits per heavy atom. The highest BCUT2D eigenvalue weighted by Crippen LogP contribution is 2.26. The van der Waals surface area contributed by atoms with Gasteiger partial charge in [0.15, 0.2) is 0 Å². The van der Waals surface area contributed by atoms with E-state index in [9.17, 15) is 4.79 Å². The van der Waals surface area contributed by atoms with Gasteiger partial charge in [-0.3, -0.25) is 4.79 Å². The fourth-order valence-corrected chi connectivity index (χ4v) is 2.71. The minimum absolute atomic E-state index is 0.212. The van der Waals surface area contributed by atoms with E-state index in [1.54, 1.807) is 18.3 Å². The smallest absolute Gasteiger partial charge is 0.255 e. The molecular formula is C14H12Br2N2O2. The molecule has 0 aliphatic carbocycles. The van der Waals surface area contributed by atoms with Gasteiger partial charge in [-0.1, -0.05) is 15.9 Å². The molecule has 0 saturated carbocycles. The van der Waals surface area contributed by atoms with Gasteiger partial charge in [0.1, 0.15) is 0 Å². The Balaban J connectivity index is 2.17. The van der Waals surface area contributed by atoms with Crippen LogP contribution in [0.5, 0.6) is 5.88 Å². The van der Waals surface area contributed by atoms with Crippen molar-refractivity contribution in [1.82, 2.24) is 4.98 Å². The Morgan fingerprint density at radius 1 is 1.30 bits per heavy atom. The average Bonchev–Trinajstić information content (AvgIpc) is 2.42. The maximum absolute atomic E-state index is 12.2. The topological polar surface area (TPSA) is 51.2 Å². The number of hydrogen-bond donors (Lipinski definition) is 1. The van der Waals surface area contributed by atoms with Gasteiger partial charge in [0, 0.05) is 26.8 Å². The van der Waals surface area contributed by atoms with Crippen molar-refractivity contribution in [3.63, 3.8) is 0 Å². The van der Waals surface area contributed by atoms with Crippen molar-refractivity contribution in [2.75, 3.05) is 11.9 Å². The quantitative estimate of drug-likeness (QED) is 0.835. The molecule has 0 fully saturated rings. The van der Waals surface area contributed by atoms with Crippen molar-refractivity contribution in [2.24, 2.45) is 0 Å². The minimum atomic E-state index is -0.212. The molecule has 0 bridgehead atoms. The van der Waals surface area contributed by atoms with Crippen LogP contribution in [0.2, 0.25) is 0 Å². The van der Waals surface area contributed by atoms with E-state index in [4.69, 9.17) is 4.74 Å². The zero-order valence-electron chi connectivity index (χ0n) is 10.7. The maximum atomic E-state index is 12.2. The van der Waals surface area contributed by atoms with Crippen LogP contribution >= 0.6 is 31.9 Å². The summed E-state index contributed by atoms with van der Waals surface area (Å²) in [6.45, 7) is 2.38. The Morgan fingerprint density at radius 2 is 2.10 bits per heavy atom. The summed E-state index contributed by atoms with van der Waals surface area (Å²) in [4.78, 5) is 16.2. The molecule has 0 unspecified atom stereocenters. The highest BCUT2D eigenvalue weighted by Gasteiger charge is 2.10. The first-order valence-corrected chi connectivity index (χ1v) is 7.54. The molecule has 20 heavy (non-hydrogen) atoms. The summed E-state index contributed by atoms with van der Waals surface area (Å²) in [6.07, 6.45) is 1.55. The average molecular weight is 400 g/mol. The van der Waals surface area contributed by atoms with Crippen molar-refractivity contribution < 1.29 is 9.53 Å². The van der Waals surface area contributed by atoms with Crippen LogP contribution < -0.4 is 10.1 Å². The number of rotatable bonds is 4. The zero-order chi connectivity index (χ0) is 14.5. The van der Waals surface area contributed by atoms with E-state index in [0.29, 0.717) is 23.7 Å². The number of nitrogens with one attached hydrogen (secondary N) is 1. The van der Waals surface area contributed by atoms with Crippen LogP contribution in [-0.2, 0) is 0 Å². The molecule has 1 heterocycles. The van der Waals surface area contributed by atoms with Crippen molar-refractivity contribution in [1.29, 1.82) is 0 Å². The van der Waals surface area contributed by atoms with Gasteiger partial charge in [0.2, 0.25) is 5.88 Å². The lowest BCUT2D eigenvalue weighted by atomic mass is 10.2. The highest BCUT2D eigenvalue weighted by molar-refractivity contribution is 9.11. The Bertz CT molecular complexity index is 632. The number of carbonyl (C=O) groups excluding carboxylic acids is 1. The van der Waals surface area contributed by atoms with Crippen molar-refractivity contribution in [3.8, 4) is 5.88 Å². The van der Waals surface area contributed by atoms with Crippen molar-refractivity contribution >= 4 is 43.5 Å². The standard InChI is InChI=1S/C14H12Br2N2O2/c1-2-20-13-7-9(5-6-17-13)14(19)18-12-4-3-10(15)8-11(12)16/h3-8H,2H2,1H3,(H,18,19). The second kappa shape index (κ2) is 6.85. The van der Waals surface area contributed by atoms with Crippen LogP contribution in [-0.4, -0.2) is 17.5 Å². The first kappa shape index (κ1) is 15.0. The van der Waals surface area contributed by atoms with Crippen LogP contribution in [0.15, 0.2) is 45.5 Å². The van der Waals surface area contributed by atoms with Crippen molar-refractivity contribution in [3.05, 3.63) is 51.0 Å². The summed E-state index contributed by atoms with van der Waals surface area (Å²) < 4.78 is 7.02. The summed E-state index contributed by atoms with van der Waals surface area (Å²) in [6, 6.07) is 8.80. The highest BCUT2D eigenvalue weighted by atomic mass is 79.9. The number of amides is 1. The predicted octanol–water partition coefficient (Wildman–Crippen LogP) is 4.26. The monoisotopic (exact) mass is 398 g/mol. The molecule has 6 heteroatoms. The molecule has 1 aromatic heterocycles. The fourth-order valence-electron chi connectivity index (χ4n) is 1.56. The van der Waals surface area contributed by atoms with E-state index >= 15 is 0 Å². The maximum Gasteiger partial charge on any atom is 0.255 e. The van der Waals surface area contributed by atoms with Gasteiger partial charge >= 0.3 is 0 Å². The van der Waals surface area contributed by atoms with E-state index < -0.39 is 0 Å². The first-order valence-electron chi connectivity index (χ1n) is 5.95. The number of hydrogen-bond acceptors (Lipinski definition) is 3. The van der Waals surface area contributed by atoms with Gasteiger partial charge in [-0.25, -0.2) is 4.98 Å². The molecule has 1 amide bonds. The van der Waals surface area contributed by atoms with Gasteiger partial charge in [-0.15, -0.1) is 0 Å². The lowest BCUT2D eigenvalue weighted by molar-refractivity contribution is 0.102. The molecule has 1 aromatic carbocycles. The summed E-state index contributed by atoms with van der Waals surface area (Å²) >= 11 is 6.77. The molecule has 0 aliphatic heterocycles. The lowest BCUT2D eigenvalue weighted by Crippen LogP contribution is -2.12. The van der Waals surface area contributed by atoms with E-state index in [0.717, 1.165) is 8.95 Å². The largest absolute Gasteiger partial charge is 0.478 e. The van der Waals surface area contributed by atoms with E-state index in [1.807, 2.05) is 25.1 Å². The SMILES string of the molecule is CCOc1cc(C(=O)Nc2ccc(Br)cc2Br)ccn1. The zero-order valence-corrected chi connectivity index (χ0v) is 13.9. The number of anilines is 1. The molecule has 2 rings (SSSR count). The molecule has 104 valence electrons. The van der Waals surface area contributed by atoms with Crippen LogP contribution in [0.3, 0.4) is 0 Å². The Hall–Kier alpha value is -1.40. The molecule has 1 N–H and O–H groups in total. The van der Waals surface area contributed by atoms with Crippen LogP contribution in [0.4, 0.5) is 5.69 Å². The second-order valence-electron chi connectivity index (χ2n) is 3.89. The summed E-state index contributed by atoms with van der Waals surface area (Å²) in [5.74, 6) is 0.228. The normalized spacial score (nSPS) is 10.2. The molecule has 2 aromatic rings. The molecule has 0 aliphatic rings. The minimum Gasteiger partial charge on any atom is -0.478 e. The number of pyridine rings is 1. The third kappa shape index (κ3) is 3.80. The van der Waals surface area contributed by atoms with Crippen LogP contribution in [0.1, 0.15) is 17.3 Å². The van der Waals surface area contributed by atoms with Crippen molar-refractivity contribution in [2.45, 2.75) is 6.92 Å². The van der Waals surface area contributed by atoms with E-state index in [-0.39, 0.29) is 5.91 Å². The fraction of sp³-hybridized carbons (Fsp3) is 0.143. The van der Waals surface area contributed by atoms with Gasteiger partial charge in [0.25, 0.3) is 5.91 Å². The van der Waals surface area contributed by atoms with Gasteiger partial charge in [-0.2, -0.15) is 0 Å². The first-order chi connectivity index (χ1) is 9.60. The number of nitrogens with zero attached hydrogens (tertiary/aromatic N) is 1. The molecule has 0 radical (unpaired) electrons. The Labute approximate surface area is 133 Å². The third-order valence-corrected chi connectivity index (χ3v) is 3.62. The van der Waals surface area contributed by atoms with Gasteiger partial charge < -0.3 is 10.1 Å². The van der Waals surface area contributed by atoms with Crippen LogP contribution in [0, 0.1) is 0 Å². The summed E-state index contributed by atoms with van der Waals surface area (Å²) in [5.41, 5.74) is 1.20. The van der Waals surface area contributed by atoms with E-state index in [2.05, 4.69) is 42.2 Å². The summed E-state index contributed by atoms with van der Waals surface area (Å²) in [5, 5.41) is 2.83. The number of halogens is 2. The van der Waals surface area contributed by atoms with Crippen LogP contribution in [0.25, 0.3) is 0 Å². The lowest BCUT2D eigenvalue weighted by Gasteiger charge is -2.08. The molecular weight excluding hydrogens is 388 g/mol. The summed E-state index contributed by atoms with van der Waals surface area (Å²) in [7, 11) is 0. The van der Waals surface area contributed by atoms with Gasteiger partial charge in [-0.05, 0) is 47.1 Å². The number of aromatic nitrogens is 1. The second-order valence-corrected chi connectivity index (χ2v) is 5.66. The number of ether oxygens (including phenoxy) is 1. The molecule has 0 saturated heterocycles. The molecule has 0 spiro atoms. The third-order valence-electron chi connectivity index (χ3n) is 2.47.